The maximum atomic E-state index is 7.94. The van der Waals surface area contributed by atoms with Crippen LogP contribution in [0.5, 0.6) is 0 Å². The number of nitrogens with one attached hydrogen (secondary N) is 4. The normalized spacial score (nSPS) is 13.4. The van der Waals surface area contributed by atoms with Crippen molar-refractivity contribution in [3.63, 3.8) is 0 Å². The summed E-state index contributed by atoms with van der Waals surface area (Å²) in [6.45, 7) is 14.7. The Balaban J connectivity index is 0.00000148. The van der Waals surface area contributed by atoms with Crippen LogP contribution in [0, 0.1) is 17.2 Å². The van der Waals surface area contributed by atoms with Crippen molar-refractivity contribution >= 4 is 45.0 Å². The summed E-state index contributed by atoms with van der Waals surface area (Å²) >= 11 is 1.68. The van der Waals surface area contributed by atoms with Crippen LogP contribution in [0.3, 0.4) is 0 Å². The van der Waals surface area contributed by atoms with Crippen molar-refractivity contribution in [1.29, 1.82) is 5.41 Å². The molecule has 2 unspecified atom stereocenters. The van der Waals surface area contributed by atoms with E-state index in [0.717, 1.165) is 52.4 Å². The SMILES string of the molecule is C=CC(C)C(C=C)CNc1ccc(Nc2ncnc3sc4c(c23)CCc2[nH]ncc2-4)cc1C=N.CC. The highest BCUT2D eigenvalue weighted by atomic mass is 32.1. The Kier molecular flexibility index (Phi) is 7.95. The fourth-order valence-corrected chi connectivity index (χ4v) is 5.66. The average Bonchev–Trinajstić information content (AvgIpc) is 3.55. The van der Waals surface area contributed by atoms with Crippen LogP contribution in [0.15, 0.2) is 56.0 Å². The van der Waals surface area contributed by atoms with E-state index in [-0.39, 0.29) is 5.92 Å². The number of aryl methyl sites for hydroxylation is 2. The summed E-state index contributed by atoms with van der Waals surface area (Å²) in [5.74, 6) is 1.38. The number of nitrogens with zero attached hydrogens (tertiary/aromatic N) is 3. The van der Waals surface area contributed by atoms with Gasteiger partial charge < -0.3 is 16.0 Å². The molecule has 186 valence electrons. The molecule has 2 atom stereocenters. The van der Waals surface area contributed by atoms with Crippen LogP contribution < -0.4 is 10.6 Å². The average molecular weight is 500 g/mol. The van der Waals surface area contributed by atoms with Gasteiger partial charge in [0.25, 0.3) is 0 Å². The van der Waals surface area contributed by atoms with Gasteiger partial charge in [0, 0.05) is 45.8 Å². The lowest BCUT2D eigenvalue weighted by Gasteiger charge is -2.20. The van der Waals surface area contributed by atoms with Crippen molar-refractivity contribution in [3.8, 4) is 10.4 Å². The second-order valence-electron chi connectivity index (χ2n) is 8.52. The van der Waals surface area contributed by atoms with Crippen LogP contribution in [0.1, 0.15) is 37.6 Å². The van der Waals surface area contributed by atoms with Crippen LogP contribution >= 0.6 is 11.3 Å². The number of hydrogen-bond donors (Lipinski definition) is 4. The molecule has 4 N–H and O–H groups in total. The third kappa shape index (κ3) is 4.81. The van der Waals surface area contributed by atoms with E-state index in [1.165, 1.54) is 27.9 Å². The fourth-order valence-electron chi connectivity index (χ4n) is 4.43. The largest absolute Gasteiger partial charge is 0.384 e. The molecular formula is C28H33N7S. The van der Waals surface area contributed by atoms with E-state index in [1.807, 2.05) is 50.4 Å². The first kappa shape index (κ1) is 25.3. The lowest BCUT2D eigenvalue weighted by atomic mass is 9.94. The Morgan fingerprint density at radius 1 is 1.19 bits per heavy atom. The third-order valence-corrected chi connectivity index (χ3v) is 7.70. The van der Waals surface area contributed by atoms with Crippen LogP contribution in [-0.2, 0) is 12.8 Å². The lowest BCUT2D eigenvalue weighted by molar-refractivity contribution is 0.537. The first-order valence-electron chi connectivity index (χ1n) is 12.3. The van der Waals surface area contributed by atoms with Crippen molar-refractivity contribution in [2.24, 2.45) is 11.8 Å². The van der Waals surface area contributed by atoms with Gasteiger partial charge in [-0.05, 0) is 48.4 Å². The maximum absolute atomic E-state index is 7.94. The Morgan fingerprint density at radius 2 is 2.03 bits per heavy atom. The van der Waals surface area contributed by atoms with E-state index < -0.39 is 0 Å². The molecule has 1 aliphatic rings. The van der Waals surface area contributed by atoms with Gasteiger partial charge in [-0.15, -0.1) is 24.5 Å². The second kappa shape index (κ2) is 11.3. The molecule has 0 radical (unpaired) electrons. The number of allylic oxidation sites excluding steroid dienone is 1. The number of aromatic nitrogens is 4. The second-order valence-corrected chi connectivity index (χ2v) is 9.52. The summed E-state index contributed by atoms with van der Waals surface area (Å²) in [6, 6.07) is 5.98. The van der Waals surface area contributed by atoms with Gasteiger partial charge in [0.15, 0.2) is 0 Å². The van der Waals surface area contributed by atoms with Crippen molar-refractivity contribution < 1.29 is 0 Å². The van der Waals surface area contributed by atoms with Gasteiger partial charge in [0.05, 0.1) is 11.6 Å². The zero-order valence-corrected chi connectivity index (χ0v) is 21.9. The summed E-state index contributed by atoms with van der Waals surface area (Å²) in [6.07, 6.45) is 10.6. The fraction of sp³-hybridized carbons (Fsp3) is 0.286. The molecule has 0 fully saturated rings. The highest BCUT2D eigenvalue weighted by Gasteiger charge is 2.25. The van der Waals surface area contributed by atoms with Crippen LogP contribution in [0.4, 0.5) is 17.2 Å². The monoisotopic (exact) mass is 499 g/mol. The molecule has 4 aromatic rings. The van der Waals surface area contributed by atoms with Crippen molar-refractivity contribution in [2.45, 2.75) is 33.6 Å². The molecular weight excluding hydrogens is 466 g/mol. The minimum absolute atomic E-state index is 0.267. The van der Waals surface area contributed by atoms with Crippen LogP contribution in [0.2, 0.25) is 0 Å². The summed E-state index contributed by atoms with van der Waals surface area (Å²) in [5.41, 5.74) is 6.22. The van der Waals surface area contributed by atoms with Crippen molar-refractivity contribution in [2.75, 3.05) is 17.2 Å². The molecule has 3 aromatic heterocycles. The number of aromatic amines is 1. The van der Waals surface area contributed by atoms with Gasteiger partial charge in [-0.1, -0.05) is 32.9 Å². The minimum atomic E-state index is 0.267. The zero-order chi connectivity index (χ0) is 25.7. The number of H-pyrrole nitrogens is 1. The molecule has 1 aromatic carbocycles. The first-order valence-corrected chi connectivity index (χ1v) is 13.1. The highest BCUT2D eigenvalue weighted by Crippen LogP contribution is 2.44. The molecule has 0 bridgehead atoms. The van der Waals surface area contributed by atoms with Crippen LogP contribution in [-0.4, -0.2) is 32.9 Å². The Labute approximate surface area is 216 Å². The molecule has 8 heteroatoms. The van der Waals surface area contributed by atoms with Gasteiger partial charge in [-0.3, -0.25) is 5.10 Å². The molecule has 0 amide bonds. The summed E-state index contributed by atoms with van der Waals surface area (Å²) in [7, 11) is 0. The first-order chi connectivity index (χ1) is 17.6. The predicted molar refractivity (Wildman–Crippen MR) is 153 cm³/mol. The minimum Gasteiger partial charge on any atom is -0.384 e. The number of rotatable bonds is 9. The summed E-state index contributed by atoms with van der Waals surface area (Å²) in [5, 5.41) is 23.3. The van der Waals surface area contributed by atoms with Gasteiger partial charge in [-0.25, -0.2) is 9.97 Å². The molecule has 3 heterocycles. The standard InChI is InChI=1S/C26H27N7S.C2H6/c1-4-15(3)16(5-2)12-28-21-8-6-18(10-17(21)11-27)32-25-23-19-7-9-22-20(13-31-33-22)24(19)34-26(23)30-14-29-25;1-2/h4-6,8,10-11,13-16,27-28H,1-2,7,9,12H2,3H3,(H,31,33)(H,29,30,32);1-2H3. The van der Waals surface area contributed by atoms with E-state index in [1.54, 1.807) is 17.7 Å². The summed E-state index contributed by atoms with van der Waals surface area (Å²) in [4.78, 5) is 11.3. The van der Waals surface area contributed by atoms with Gasteiger partial charge >= 0.3 is 0 Å². The molecule has 1 aliphatic carbocycles. The topological polar surface area (TPSA) is 102 Å². The van der Waals surface area contributed by atoms with E-state index in [4.69, 9.17) is 5.41 Å². The van der Waals surface area contributed by atoms with Gasteiger partial charge in [0.2, 0.25) is 0 Å². The van der Waals surface area contributed by atoms with E-state index in [9.17, 15) is 0 Å². The molecule has 0 saturated heterocycles. The Hall–Kier alpha value is -3.78. The molecule has 0 spiro atoms. The molecule has 36 heavy (non-hydrogen) atoms. The smallest absolute Gasteiger partial charge is 0.142 e. The van der Waals surface area contributed by atoms with Gasteiger partial charge in [-0.2, -0.15) is 5.10 Å². The number of hydrogen-bond acceptors (Lipinski definition) is 7. The molecule has 0 aliphatic heterocycles. The van der Waals surface area contributed by atoms with Crippen molar-refractivity contribution in [1.82, 2.24) is 20.2 Å². The number of anilines is 3. The highest BCUT2D eigenvalue weighted by molar-refractivity contribution is 7.22. The molecule has 5 rings (SSSR count). The number of thiophene rings is 1. The third-order valence-electron chi connectivity index (χ3n) is 6.52. The van der Waals surface area contributed by atoms with E-state index in [0.29, 0.717) is 5.92 Å². The van der Waals surface area contributed by atoms with E-state index >= 15 is 0 Å². The Bertz CT molecular complexity index is 1380. The predicted octanol–water partition coefficient (Wildman–Crippen LogP) is 6.98. The number of benzene rings is 1. The molecule has 0 saturated carbocycles. The van der Waals surface area contributed by atoms with Gasteiger partial charge in [0.1, 0.15) is 17.0 Å². The number of fused-ring (bicyclic) bond motifs is 5. The Morgan fingerprint density at radius 3 is 2.78 bits per heavy atom. The summed E-state index contributed by atoms with van der Waals surface area (Å²) < 4.78 is 0. The van der Waals surface area contributed by atoms with Crippen molar-refractivity contribution in [3.05, 3.63) is 72.9 Å². The zero-order valence-electron chi connectivity index (χ0n) is 21.1. The molecule has 7 nitrogen and oxygen atoms in total. The quantitative estimate of drug-likeness (QED) is 0.147. The lowest BCUT2D eigenvalue weighted by Crippen LogP contribution is -2.18. The van der Waals surface area contributed by atoms with E-state index in [2.05, 4.69) is 50.9 Å². The van der Waals surface area contributed by atoms with Crippen LogP contribution in [0.25, 0.3) is 20.7 Å². The maximum Gasteiger partial charge on any atom is 0.142 e.